The van der Waals surface area contributed by atoms with E-state index in [1.165, 1.54) is 22.3 Å². The topological polar surface area (TPSA) is 29.3 Å². The Bertz CT molecular complexity index is 758. The number of hydrogen-bond acceptors (Lipinski definition) is 3. The highest BCUT2D eigenvalue weighted by Crippen LogP contribution is 2.36. The molecule has 1 atom stereocenters. The van der Waals surface area contributed by atoms with Crippen LogP contribution in [0.4, 0.5) is 0 Å². The number of thiazole rings is 1. The van der Waals surface area contributed by atoms with Crippen molar-refractivity contribution in [2.45, 2.75) is 40.0 Å². The summed E-state index contributed by atoms with van der Waals surface area (Å²) in [5.41, 5.74) is 6.18. The Balaban J connectivity index is 1.77. The molecule has 0 saturated heterocycles. The fourth-order valence-electron chi connectivity index (χ4n) is 3.03. The van der Waals surface area contributed by atoms with Gasteiger partial charge in [0.15, 0.2) is 0 Å². The second kappa shape index (κ2) is 5.92. The summed E-state index contributed by atoms with van der Waals surface area (Å²) >= 11 is 1.72. The molecule has 3 nitrogen and oxygen atoms in total. The quantitative estimate of drug-likeness (QED) is 0.819. The lowest BCUT2D eigenvalue weighted by Gasteiger charge is -2.33. The van der Waals surface area contributed by atoms with Crippen LogP contribution >= 0.6 is 11.3 Å². The zero-order chi connectivity index (χ0) is 15.7. The first-order valence-corrected chi connectivity index (χ1v) is 8.80. The summed E-state index contributed by atoms with van der Waals surface area (Å²) in [6.07, 6.45) is 5.83. The minimum atomic E-state index is 0.400. The molecule has 0 spiro atoms. The van der Waals surface area contributed by atoms with Crippen LogP contribution in [0.1, 0.15) is 40.0 Å². The van der Waals surface area contributed by atoms with E-state index in [9.17, 15) is 0 Å². The van der Waals surface area contributed by atoms with Gasteiger partial charge in [-0.05, 0) is 42.7 Å². The molecule has 1 N–H and O–H groups in total. The van der Waals surface area contributed by atoms with Gasteiger partial charge in [-0.15, -0.1) is 5.10 Å². The molecule has 3 rings (SSSR count). The Morgan fingerprint density at radius 3 is 2.68 bits per heavy atom. The van der Waals surface area contributed by atoms with Gasteiger partial charge >= 0.3 is 0 Å². The summed E-state index contributed by atoms with van der Waals surface area (Å²) in [5, 5.41) is 4.62. The maximum Gasteiger partial charge on any atom is 0.208 e. The van der Waals surface area contributed by atoms with Crippen LogP contribution in [-0.2, 0) is 7.05 Å². The number of hydrogen-bond donors (Lipinski definition) is 1. The average molecular weight is 315 g/mol. The molecule has 0 unspecified atom stereocenters. The summed E-state index contributed by atoms with van der Waals surface area (Å²) < 4.78 is 3.42. The molecule has 0 radical (unpaired) electrons. The molecular formula is C18H25N3S. The van der Waals surface area contributed by atoms with E-state index in [1.807, 2.05) is 0 Å². The van der Waals surface area contributed by atoms with Crippen LogP contribution in [0.15, 0.2) is 41.1 Å². The predicted octanol–water partition coefficient (Wildman–Crippen LogP) is 4.38. The monoisotopic (exact) mass is 315 g/mol. The van der Waals surface area contributed by atoms with Gasteiger partial charge in [-0.3, -0.25) is 5.43 Å². The number of benzene rings is 1. The molecule has 2 aromatic rings. The second-order valence-corrected chi connectivity index (χ2v) is 8.21. The van der Waals surface area contributed by atoms with Crippen molar-refractivity contribution in [2.75, 3.05) is 0 Å². The molecule has 22 heavy (non-hydrogen) atoms. The molecule has 4 heteroatoms. The van der Waals surface area contributed by atoms with E-state index in [4.69, 9.17) is 0 Å². The van der Waals surface area contributed by atoms with Crippen LogP contribution in [0.3, 0.4) is 0 Å². The van der Waals surface area contributed by atoms with Gasteiger partial charge in [-0.25, -0.2) is 0 Å². The van der Waals surface area contributed by atoms with E-state index in [0.717, 1.165) is 23.6 Å². The molecule has 1 aromatic carbocycles. The van der Waals surface area contributed by atoms with Crippen molar-refractivity contribution in [3.05, 3.63) is 40.8 Å². The summed E-state index contributed by atoms with van der Waals surface area (Å²) in [7, 11) is 2.07. The minimum Gasteiger partial charge on any atom is -0.318 e. The summed E-state index contributed by atoms with van der Waals surface area (Å²) in [6, 6.07) is 8.43. The molecule has 0 aliphatic heterocycles. The van der Waals surface area contributed by atoms with E-state index >= 15 is 0 Å². The highest BCUT2D eigenvalue weighted by molar-refractivity contribution is 7.16. The lowest BCUT2D eigenvalue weighted by Crippen LogP contribution is -2.25. The van der Waals surface area contributed by atoms with Gasteiger partial charge in [0.2, 0.25) is 4.80 Å². The van der Waals surface area contributed by atoms with E-state index in [0.29, 0.717) is 5.41 Å². The number of aryl methyl sites for hydroxylation is 1. The first-order chi connectivity index (χ1) is 10.4. The molecule has 1 aliphatic carbocycles. The third-order valence-corrected chi connectivity index (χ3v) is 5.76. The Kier molecular flexibility index (Phi) is 4.13. The van der Waals surface area contributed by atoms with Gasteiger partial charge < -0.3 is 4.57 Å². The maximum absolute atomic E-state index is 4.62. The van der Waals surface area contributed by atoms with Gasteiger partial charge in [0.25, 0.3) is 0 Å². The number of para-hydroxylation sites is 1. The second-order valence-electron chi connectivity index (χ2n) is 7.20. The van der Waals surface area contributed by atoms with E-state index < -0.39 is 0 Å². The Morgan fingerprint density at radius 1 is 1.27 bits per heavy atom. The van der Waals surface area contributed by atoms with E-state index in [-0.39, 0.29) is 0 Å². The lowest BCUT2D eigenvalue weighted by molar-refractivity contribution is 0.219. The summed E-state index contributed by atoms with van der Waals surface area (Å²) in [6.45, 7) is 7.02. The van der Waals surface area contributed by atoms with Crippen molar-refractivity contribution in [1.82, 2.24) is 9.99 Å². The molecule has 1 heterocycles. The summed E-state index contributed by atoms with van der Waals surface area (Å²) in [4.78, 5) is 1.01. The third kappa shape index (κ3) is 3.12. The molecule has 0 saturated carbocycles. The smallest absolute Gasteiger partial charge is 0.208 e. The predicted molar refractivity (Wildman–Crippen MR) is 94.4 cm³/mol. The van der Waals surface area contributed by atoms with Gasteiger partial charge in [-0.2, -0.15) is 0 Å². The standard InChI is InChI=1S/C18H25N3S/c1-18(2,3)13-9-11-14(12-10-13)19-20-17-21(4)15-7-5-6-8-16(15)22-17/h5-8,11,13,19H,9-10,12H2,1-4H3/b20-17-/t13-/m1/s1. The van der Waals surface area contributed by atoms with Crippen LogP contribution in [0.25, 0.3) is 10.2 Å². The molecular weight excluding hydrogens is 290 g/mol. The van der Waals surface area contributed by atoms with Crippen LogP contribution < -0.4 is 10.2 Å². The zero-order valence-corrected chi connectivity index (χ0v) is 14.7. The molecule has 0 amide bonds. The molecule has 0 bridgehead atoms. The highest BCUT2D eigenvalue weighted by Gasteiger charge is 2.26. The van der Waals surface area contributed by atoms with Crippen LogP contribution in [0.2, 0.25) is 0 Å². The van der Waals surface area contributed by atoms with Crippen molar-refractivity contribution in [3.8, 4) is 0 Å². The van der Waals surface area contributed by atoms with Crippen LogP contribution in [0, 0.1) is 11.3 Å². The van der Waals surface area contributed by atoms with Gasteiger partial charge in [-0.1, -0.05) is 50.3 Å². The first kappa shape index (κ1) is 15.3. The molecule has 1 aliphatic rings. The van der Waals surface area contributed by atoms with Crippen molar-refractivity contribution in [1.29, 1.82) is 0 Å². The van der Waals surface area contributed by atoms with Crippen LogP contribution in [0.5, 0.6) is 0 Å². The number of fused-ring (bicyclic) bond motifs is 1. The minimum absolute atomic E-state index is 0.400. The fraction of sp³-hybridized carbons (Fsp3) is 0.500. The SMILES string of the molecule is Cn1/c(=N/NC2=CC[C@@H](C(C)(C)C)CC2)sc2ccccc21. The van der Waals surface area contributed by atoms with Crippen LogP contribution in [-0.4, -0.2) is 4.57 Å². The maximum atomic E-state index is 4.62. The average Bonchev–Trinajstić information content (AvgIpc) is 2.82. The highest BCUT2D eigenvalue weighted by atomic mass is 32.1. The van der Waals surface area contributed by atoms with Gasteiger partial charge in [0, 0.05) is 12.7 Å². The van der Waals surface area contributed by atoms with E-state index in [1.54, 1.807) is 11.3 Å². The largest absolute Gasteiger partial charge is 0.318 e. The Labute approximate surface area is 136 Å². The van der Waals surface area contributed by atoms with Gasteiger partial charge in [0.05, 0.1) is 10.2 Å². The lowest BCUT2D eigenvalue weighted by atomic mass is 9.74. The zero-order valence-electron chi connectivity index (χ0n) is 13.9. The first-order valence-electron chi connectivity index (χ1n) is 7.98. The molecule has 0 fully saturated rings. The molecule has 118 valence electrons. The number of aromatic nitrogens is 1. The Hall–Kier alpha value is -1.55. The van der Waals surface area contributed by atoms with Crippen molar-refractivity contribution in [2.24, 2.45) is 23.5 Å². The number of nitrogens with one attached hydrogen (secondary N) is 1. The van der Waals surface area contributed by atoms with Crippen molar-refractivity contribution >= 4 is 21.6 Å². The van der Waals surface area contributed by atoms with Crippen molar-refractivity contribution in [3.63, 3.8) is 0 Å². The fourth-order valence-corrected chi connectivity index (χ4v) is 4.01. The molecule has 1 aromatic heterocycles. The third-order valence-electron chi connectivity index (χ3n) is 4.65. The normalized spacial score (nSPS) is 20.3. The summed E-state index contributed by atoms with van der Waals surface area (Å²) in [5.74, 6) is 0.776. The van der Waals surface area contributed by atoms with Gasteiger partial charge in [0.1, 0.15) is 0 Å². The number of nitrogens with zero attached hydrogens (tertiary/aromatic N) is 2. The Morgan fingerprint density at radius 2 is 2.05 bits per heavy atom. The van der Waals surface area contributed by atoms with Crippen molar-refractivity contribution < 1.29 is 0 Å². The van der Waals surface area contributed by atoms with E-state index in [2.05, 4.69) is 73.3 Å². The number of allylic oxidation sites excluding steroid dienone is 2. The number of rotatable bonds is 2.